The van der Waals surface area contributed by atoms with Gasteiger partial charge in [0.25, 0.3) is 0 Å². The van der Waals surface area contributed by atoms with E-state index >= 15 is 0 Å². The zero-order valence-corrected chi connectivity index (χ0v) is 14.9. The van der Waals surface area contributed by atoms with Crippen molar-refractivity contribution in [3.05, 3.63) is 0 Å². The Balaban J connectivity index is 1.36. The molecule has 138 valence electrons. The number of hydrogen-bond donors (Lipinski definition) is 5. The molecule has 0 aromatic rings. The molecule has 3 rings (SSSR count). The van der Waals surface area contributed by atoms with Crippen LogP contribution in [0.2, 0.25) is 0 Å². The summed E-state index contributed by atoms with van der Waals surface area (Å²) < 4.78 is 0. The zero-order chi connectivity index (χ0) is 16.8. The van der Waals surface area contributed by atoms with E-state index in [1.165, 1.54) is 44.9 Å². The summed E-state index contributed by atoms with van der Waals surface area (Å²) in [6, 6.07) is 0.790. The van der Waals surface area contributed by atoms with Gasteiger partial charge in [0.1, 0.15) is 0 Å². The predicted octanol–water partition coefficient (Wildman–Crippen LogP) is 0.635. The molecule has 0 bridgehead atoms. The van der Waals surface area contributed by atoms with E-state index < -0.39 is 0 Å². The Bertz CT molecular complexity index is 403. The normalized spacial score (nSPS) is 36.8. The van der Waals surface area contributed by atoms with Gasteiger partial charge in [-0.3, -0.25) is 10.1 Å². The van der Waals surface area contributed by atoms with Crippen molar-refractivity contribution in [2.24, 2.45) is 17.6 Å². The monoisotopic (exact) mass is 337 g/mol. The van der Waals surface area contributed by atoms with Crippen LogP contribution in [0, 0.1) is 11.8 Å². The molecule has 3 fully saturated rings. The van der Waals surface area contributed by atoms with Gasteiger partial charge in [-0.05, 0) is 31.1 Å². The lowest BCUT2D eigenvalue weighted by atomic mass is 9.68. The van der Waals surface area contributed by atoms with E-state index in [0.717, 1.165) is 31.5 Å². The summed E-state index contributed by atoms with van der Waals surface area (Å²) in [7, 11) is 0. The van der Waals surface area contributed by atoms with Crippen LogP contribution in [0.4, 0.5) is 0 Å². The number of amides is 1. The molecule has 0 aromatic carbocycles. The zero-order valence-electron chi connectivity index (χ0n) is 14.9. The Morgan fingerprint density at radius 2 is 1.92 bits per heavy atom. The van der Waals surface area contributed by atoms with Crippen molar-refractivity contribution >= 4 is 5.91 Å². The minimum Gasteiger partial charge on any atom is -0.353 e. The molecule has 2 aliphatic carbocycles. The van der Waals surface area contributed by atoms with Crippen molar-refractivity contribution in [3.8, 4) is 0 Å². The third-order valence-corrected chi connectivity index (χ3v) is 6.21. The van der Waals surface area contributed by atoms with Gasteiger partial charge in [-0.15, -0.1) is 0 Å². The van der Waals surface area contributed by atoms with Gasteiger partial charge >= 0.3 is 0 Å². The first kappa shape index (κ1) is 18.1. The molecular weight excluding hydrogens is 302 g/mol. The Morgan fingerprint density at radius 1 is 1.08 bits per heavy atom. The number of fused-ring (bicyclic) bond motifs is 1. The van der Waals surface area contributed by atoms with Gasteiger partial charge in [-0.2, -0.15) is 0 Å². The van der Waals surface area contributed by atoms with Crippen molar-refractivity contribution in [1.82, 2.24) is 21.3 Å². The summed E-state index contributed by atoms with van der Waals surface area (Å²) >= 11 is 0. The molecule has 3 aliphatic rings. The molecule has 6 nitrogen and oxygen atoms in total. The van der Waals surface area contributed by atoms with Crippen molar-refractivity contribution < 1.29 is 4.79 Å². The van der Waals surface area contributed by atoms with E-state index in [1.807, 2.05) is 0 Å². The van der Waals surface area contributed by atoms with Crippen LogP contribution in [-0.4, -0.2) is 43.9 Å². The summed E-state index contributed by atoms with van der Waals surface area (Å²) in [5, 5.41) is 13.5. The number of rotatable bonds is 6. The van der Waals surface area contributed by atoms with Gasteiger partial charge < -0.3 is 21.7 Å². The predicted molar refractivity (Wildman–Crippen MR) is 96.2 cm³/mol. The van der Waals surface area contributed by atoms with Gasteiger partial charge in [-0.25, -0.2) is 0 Å². The molecule has 5 unspecified atom stereocenters. The molecule has 5 atom stereocenters. The molecule has 0 radical (unpaired) electrons. The maximum atomic E-state index is 12.3. The first-order valence-electron chi connectivity index (χ1n) is 9.96. The van der Waals surface area contributed by atoms with Crippen LogP contribution in [0.5, 0.6) is 0 Å². The second-order valence-electron chi connectivity index (χ2n) is 7.82. The van der Waals surface area contributed by atoms with Gasteiger partial charge in [0.15, 0.2) is 0 Å². The molecule has 1 aliphatic heterocycles. The summed E-state index contributed by atoms with van der Waals surface area (Å²) in [5.41, 5.74) is 5.72. The largest absolute Gasteiger partial charge is 0.353 e. The van der Waals surface area contributed by atoms with Crippen molar-refractivity contribution in [2.45, 2.75) is 76.0 Å². The molecule has 1 amide bonds. The number of hydrogen-bond acceptors (Lipinski definition) is 5. The Labute approximate surface area is 146 Å². The first-order chi connectivity index (χ1) is 11.8. The third kappa shape index (κ3) is 4.91. The standard InChI is InChI=1S/C18H35N5O/c19-11-14-10-17(22-12-21-14)20-9-8-18(24)23-16-7-3-5-13-4-1-2-6-15(13)16/h13-17,20-22H,1-12,19H2,(H,23,24). The van der Waals surface area contributed by atoms with E-state index in [2.05, 4.69) is 21.3 Å². The molecule has 6 N–H and O–H groups in total. The summed E-state index contributed by atoms with van der Waals surface area (Å²) in [5.74, 6) is 1.81. The van der Waals surface area contributed by atoms with E-state index in [-0.39, 0.29) is 12.1 Å². The van der Waals surface area contributed by atoms with Gasteiger partial charge in [0, 0.05) is 38.3 Å². The SMILES string of the molecule is NCC1CC(NCCC(=O)NC2CCCC3CCCCC32)NCN1. The lowest BCUT2D eigenvalue weighted by molar-refractivity contribution is -0.122. The van der Waals surface area contributed by atoms with E-state index in [1.54, 1.807) is 0 Å². The van der Waals surface area contributed by atoms with Crippen molar-refractivity contribution in [2.75, 3.05) is 19.8 Å². The molecule has 1 saturated heterocycles. The molecule has 0 spiro atoms. The highest BCUT2D eigenvalue weighted by Crippen LogP contribution is 2.40. The lowest BCUT2D eigenvalue weighted by Gasteiger charge is -2.41. The average Bonchev–Trinajstić information content (AvgIpc) is 2.62. The van der Waals surface area contributed by atoms with Crippen molar-refractivity contribution in [1.29, 1.82) is 0 Å². The maximum absolute atomic E-state index is 12.3. The van der Waals surface area contributed by atoms with Crippen LogP contribution >= 0.6 is 0 Å². The second-order valence-corrected chi connectivity index (χ2v) is 7.82. The second kappa shape index (κ2) is 9.13. The fourth-order valence-electron chi connectivity index (χ4n) is 4.87. The highest BCUT2D eigenvalue weighted by molar-refractivity contribution is 5.76. The van der Waals surface area contributed by atoms with Gasteiger partial charge in [0.2, 0.25) is 5.91 Å². The number of carbonyl (C=O) groups is 1. The number of nitrogens with two attached hydrogens (primary N) is 1. The third-order valence-electron chi connectivity index (χ3n) is 6.21. The average molecular weight is 338 g/mol. The van der Waals surface area contributed by atoms with E-state index in [4.69, 9.17) is 5.73 Å². The molecule has 24 heavy (non-hydrogen) atoms. The lowest BCUT2D eigenvalue weighted by Crippen LogP contribution is -2.58. The van der Waals surface area contributed by atoms with Crippen LogP contribution < -0.4 is 27.0 Å². The topological polar surface area (TPSA) is 91.2 Å². The molecule has 2 saturated carbocycles. The quantitative estimate of drug-likeness (QED) is 0.490. The number of carbonyl (C=O) groups excluding carboxylic acids is 1. The van der Waals surface area contributed by atoms with Crippen molar-refractivity contribution in [3.63, 3.8) is 0 Å². The van der Waals surface area contributed by atoms with E-state index in [0.29, 0.717) is 25.0 Å². The molecule has 0 aromatic heterocycles. The summed E-state index contributed by atoms with van der Waals surface area (Å²) in [4.78, 5) is 12.3. The fraction of sp³-hybridized carbons (Fsp3) is 0.944. The molecule has 1 heterocycles. The number of nitrogens with one attached hydrogen (secondary N) is 4. The van der Waals surface area contributed by atoms with Crippen LogP contribution in [0.1, 0.15) is 57.8 Å². The minimum atomic E-state index is 0.211. The summed E-state index contributed by atoms with van der Waals surface area (Å²) in [6.45, 7) is 2.16. The maximum Gasteiger partial charge on any atom is 0.221 e. The van der Waals surface area contributed by atoms with Crippen LogP contribution in [0.3, 0.4) is 0 Å². The minimum absolute atomic E-state index is 0.211. The fourth-order valence-corrected chi connectivity index (χ4v) is 4.87. The Kier molecular flexibility index (Phi) is 6.89. The first-order valence-corrected chi connectivity index (χ1v) is 9.96. The molecular formula is C18H35N5O. The molecule has 6 heteroatoms. The Hall–Kier alpha value is -0.690. The smallest absolute Gasteiger partial charge is 0.221 e. The van der Waals surface area contributed by atoms with Crippen LogP contribution in [0.25, 0.3) is 0 Å². The highest BCUT2D eigenvalue weighted by Gasteiger charge is 2.35. The Morgan fingerprint density at radius 3 is 2.79 bits per heavy atom. The van der Waals surface area contributed by atoms with E-state index in [9.17, 15) is 4.79 Å². The highest BCUT2D eigenvalue weighted by atomic mass is 16.1. The van der Waals surface area contributed by atoms with Gasteiger partial charge in [0.05, 0.1) is 6.17 Å². The van der Waals surface area contributed by atoms with Crippen LogP contribution in [-0.2, 0) is 4.79 Å². The van der Waals surface area contributed by atoms with Gasteiger partial charge in [-0.1, -0.05) is 32.1 Å². The summed E-state index contributed by atoms with van der Waals surface area (Å²) in [6.07, 6.45) is 11.0. The van der Waals surface area contributed by atoms with Crippen LogP contribution in [0.15, 0.2) is 0 Å².